The molecular formula is C22H29N3O5S. The number of sulfone groups is 1. The normalized spacial score (nSPS) is 18.0. The van der Waals surface area contributed by atoms with Gasteiger partial charge in [-0.2, -0.15) is 5.10 Å². The Morgan fingerprint density at radius 2 is 1.90 bits per heavy atom. The van der Waals surface area contributed by atoms with E-state index in [1.54, 1.807) is 41.9 Å². The van der Waals surface area contributed by atoms with Gasteiger partial charge in [-0.15, -0.1) is 0 Å². The third-order valence-electron chi connectivity index (χ3n) is 5.19. The summed E-state index contributed by atoms with van der Waals surface area (Å²) in [6.45, 7) is 7.60. The van der Waals surface area contributed by atoms with Gasteiger partial charge in [0.15, 0.2) is 22.2 Å². The van der Waals surface area contributed by atoms with Crippen LogP contribution in [0.1, 0.15) is 62.6 Å². The molecule has 0 aliphatic carbocycles. The molecular weight excluding hydrogens is 418 g/mol. The summed E-state index contributed by atoms with van der Waals surface area (Å²) in [6, 6.07) is 8.13. The van der Waals surface area contributed by atoms with Crippen molar-refractivity contribution in [2.45, 2.75) is 52.0 Å². The van der Waals surface area contributed by atoms with E-state index in [-0.39, 0.29) is 41.3 Å². The molecule has 1 fully saturated rings. The fourth-order valence-corrected chi connectivity index (χ4v) is 5.06. The van der Waals surface area contributed by atoms with Gasteiger partial charge in [-0.25, -0.2) is 13.1 Å². The van der Waals surface area contributed by atoms with Crippen LogP contribution in [0.25, 0.3) is 0 Å². The highest BCUT2D eigenvalue weighted by molar-refractivity contribution is 7.91. The minimum atomic E-state index is -3.10. The molecule has 1 aliphatic rings. The van der Waals surface area contributed by atoms with Gasteiger partial charge < -0.3 is 10.1 Å². The first-order valence-electron chi connectivity index (χ1n) is 10.3. The molecule has 1 amide bonds. The number of anilines is 1. The second-order valence-corrected chi connectivity index (χ2v) is 11.0. The monoisotopic (exact) mass is 447 g/mol. The number of hydrogen-bond acceptors (Lipinski definition) is 6. The topological polar surface area (TPSA) is 107 Å². The molecule has 2 aromatic rings. The molecule has 2 heterocycles. The Morgan fingerprint density at radius 1 is 1.23 bits per heavy atom. The van der Waals surface area contributed by atoms with Crippen molar-refractivity contribution < 1.29 is 22.7 Å². The third kappa shape index (κ3) is 5.72. The van der Waals surface area contributed by atoms with Crippen LogP contribution in [0.2, 0.25) is 0 Å². The zero-order chi connectivity index (χ0) is 22.8. The smallest absolute Gasteiger partial charge is 0.263 e. The summed E-state index contributed by atoms with van der Waals surface area (Å²) in [7, 11) is -3.10. The summed E-state index contributed by atoms with van der Waals surface area (Å²) in [4.78, 5) is 24.2. The summed E-state index contributed by atoms with van der Waals surface area (Å²) >= 11 is 0. The maximum Gasteiger partial charge on any atom is 0.263 e. The number of aromatic nitrogens is 2. The van der Waals surface area contributed by atoms with Crippen LogP contribution in [0.15, 0.2) is 30.3 Å². The number of carbonyl (C=O) groups excluding carboxylic acids is 2. The molecule has 8 nitrogen and oxygen atoms in total. The number of carbonyl (C=O) groups is 2. The van der Waals surface area contributed by atoms with Crippen LogP contribution < -0.4 is 10.1 Å². The summed E-state index contributed by atoms with van der Waals surface area (Å²) in [6.07, 6.45) is 0.894. The van der Waals surface area contributed by atoms with E-state index in [4.69, 9.17) is 4.74 Å². The number of nitrogens with zero attached hydrogens (tertiary/aromatic N) is 2. The molecule has 1 atom stereocenters. The van der Waals surface area contributed by atoms with Gasteiger partial charge in [-0.3, -0.25) is 9.59 Å². The van der Waals surface area contributed by atoms with E-state index in [0.29, 0.717) is 30.0 Å². The lowest BCUT2D eigenvalue weighted by Crippen LogP contribution is -2.24. The van der Waals surface area contributed by atoms with Gasteiger partial charge in [0.25, 0.3) is 5.91 Å². The molecule has 1 saturated heterocycles. The molecule has 0 saturated carbocycles. The number of hydrogen-bond donors (Lipinski definition) is 1. The Kier molecular flexibility index (Phi) is 6.54. The highest BCUT2D eigenvalue weighted by atomic mass is 32.2. The number of benzene rings is 1. The minimum absolute atomic E-state index is 0.0143. The lowest BCUT2D eigenvalue weighted by Gasteiger charge is -2.15. The first-order chi connectivity index (χ1) is 14.5. The first kappa shape index (κ1) is 23.0. The van der Waals surface area contributed by atoms with Gasteiger partial charge in [0, 0.05) is 23.5 Å². The van der Waals surface area contributed by atoms with Gasteiger partial charge in [0.2, 0.25) is 0 Å². The van der Waals surface area contributed by atoms with E-state index in [1.165, 1.54) is 0 Å². The maximum atomic E-state index is 12.5. The van der Waals surface area contributed by atoms with Crippen molar-refractivity contribution in [3.63, 3.8) is 0 Å². The van der Waals surface area contributed by atoms with Gasteiger partial charge in [0.1, 0.15) is 11.6 Å². The second kappa shape index (κ2) is 8.82. The molecule has 31 heavy (non-hydrogen) atoms. The van der Waals surface area contributed by atoms with Crippen molar-refractivity contribution in [2.24, 2.45) is 0 Å². The van der Waals surface area contributed by atoms with Gasteiger partial charge in [-0.05, 0) is 30.7 Å². The summed E-state index contributed by atoms with van der Waals surface area (Å²) in [5.74, 6) is 0.742. The predicted octanol–water partition coefficient (Wildman–Crippen LogP) is 3.15. The number of nitrogens with one attached hydrogen (secondary N) is 1. The van der Waals surface area contributed by atoms with E-state index in [2.05, 4.69) is 10.4 Å². The molecule has 0 radical (unpaired) electrons. The molecule has 9 heteroatoms. The van der Waals surface area contributed by atoms with Crippen LogP contribution in [0.3, 0.4) is 0 Å². The Hall–Kier alpha value is -2.68. The minimum Gasteiger partial charge on any atom is -0.484 e. The zero-order valence-corrected chi connectivity index (χ0v) is 19.2. The first-order valence-corrected chi connectivity index (χ1v) is 12.2. The zero-order valence-electron chi connectivity index (χ0n) is 18.3. The van der Waals surface area contributed by atoms with Crippen LogP contribution in [-0.4, -0.2) is 48.0 Å². The largest absolute Gasteiger partial charge is 0.484 e. The van der Waals surface area contributed by atoms with E-state index in [1.807, 2.05) is 20.8 Å². The molecule has 0 bridgehead atoms. The highest BCUT2D eigenvalue weighted by Crippen LogP contribution is 2.30. The molecule has 1 aliphatic heterocycles. The Morgan fingerprint density at radius 3 is 2.45 bits per heavy atom. The average molecular weight is 448 g/mol. The van der Waals surface area contributed by atoms with Gasteiger partial charge >= 0.3 is 0 Å². The van der Waals surface area contributed by atoms with E-state index < -0.39 is 9.84 Å². The number of rotatable bonds is 7. The van der Waals surface area contributed by atoms with Gasteiger partial charge in [-0.1, -0.05) is 27.7 Å². The lowest BCUT2D eigenvalue weighted by atomic mass is 9.92. The van der Waals surface area contributed by atoms with Crippen LogP contribution in [0, 0.1) is 0 Å². The van der Waals surface area contributed by atoms with Crippen LogP contribution in [0.4, 0.5) is 5.82 Å². The van der Waals surface area contributed by atoms with E-state index in [9.17, 15) is 18.0 Å². The quantitative estimate of drug-likeness (QED) is 0.654. The third-order valence-corrected chi connectivity index (χ3v) is 6.94. The molecule has 0 spiro atoms. The molecule has 1 N–H and O–H groups in total. The number of ether oxygens (including phenoxy) is 1. The van der Waals surface area contributed by atoms with E-state index >= 15 is 0 Å². The average Bonchev–Trinajstić information content (AvgIpc) is 3.29. The molecule has 1 aromatic heterocycles. The number of amides is 1. The molecule has 168 valence electrons. The standard InChI is InChI=1S/C22H29N3O5S/c1-5-18(26)15-6-8-17(9-7-15)30-13-21(27)23-20-12-19(22(2,3)4)24-25(20)16-10-11-31(28,29)14-16/h6-9,12,16H,5,10-11,13-14H2,1-4H3,(H,23,27). The summed E-state index contributed by atoms with van der Waals surface area (Å²) < 4.78 is 31.0. The van der Waals surface area contributed by atoms with Crippen molar-refractivity contribution in [2.75, 3.05) is 23.4 Å². The van der Waals surface area contributed by atoms with Crippen LogP contribution in [-0.2, 0) is 20.0 Å². The van der Waals surface area contributed by atoms with Crippen molar-refractivity contribution in [3.8, 4) is 5.75 Å². The SMILES string of the molecule is CCC(=O)c1ccc(OCC(=O)Nc2cc(C(C)(C)C)nn2C2CCS(=O)(=O)C2)cc1. The van der Waals surface area contributed by atoms with E-state index in [0.717, 1.165) is 5.69 Å². The maximum absolute atomic E-state index is 12.5. The fourth-order valence-electron chi connectivity index (χ4n) is 3.37. The molecule has 1 aromatic carbocycles. The van der Waals surface area contributed by atoms with Crippen LogP contribution in [0.5, 0.6) is 5.75 Å². The van der Waals surface area contributed by atoms with Crippen molar-refractivity contribution in [3.05, 3.63) is 41.6 Å². The summed E-state index contributed by atoms with van der Waals surface area (Å²) in [5, 5.41) is 7.40. The second-order valence-electron chi connectivity index (χ2n) is 8.80. The molecule has 1 unspecified atom stereocenters. The highest BCUT2D eigenvalue weighted by Gasteiger charge is 2.32. The summed E-state index contributed by atoms with van der Waals surface area (Å²) in [5.41, 5.74) is 1.12. The van der Waals surface area contributed by atoms with Crippen molar-refractivity contribution in [1.29, 1.82) is 0 Å². The van der Waals surface area contributed by atoms with Gasteiger partial charge in [0.05, 0.1) is 23.2 Å². The molecule has 3 rings (SSSR count). The lowest BCUT2D eigenvalue weighted by molar-refractivity contribution is -0.118. The predicted molar refractivity (Wildman–Crippen MR) is 118 cm³/mol. The Balaban J connectivity index is 1.70. The fraction of sp³-hybridized carbons (Fsp3) is 0.500. The Labute approximate surface area is 182 Å². The van der Waals surface area contributed by atoms with Crippen molar-refractivity contribution >= 4 is 27.3 Å². The van der Waals surface area contributed by atoms with Crippen LogP contribution >= 0.6 is 0 Å². The number of Topliss-reactive ketones (excluding diaryl/α,β-unsaturated/α-hetero) is 1. The Bertz CT molecular complexity index is 1070. The van der Waals surface area contributed by atoms with Crippen molar-refractivity contribution in [1.82, 2.24) is 9.78 Å². The number of ketones is 1.